The molecule has 0 saturated carbocycles. The number of carbonyl (C=O) groups excluding carboxylic acids is 1. The number of benzene rings is 1. The molecule has 116 valence electrons. The van der Waals surface area contributed by atoms with Crippen LogP contribution in [0.25, 0.3) is 0 Å². The van der Waals surface area contributed by atoms with Crippen molar-refractivity contribution in [1.29, 1.82) is 0 Å². The summed E-state index contributed by atoms with van der Waals surface area (Å²) in [5, 5.41) is 0. The fourth-order valence-electron chi connectivity index (χ4n) is 2.98. The summed E-state index contributed by atoms with van der Waals surface area (Å²) >= 11 is 0. The number of carbonyl (C=O) groups is 1. The second-order valence-corrected chi connectivity index (χ2v) is 5.69. The molecule has 0 radical (unpaired) electrons. The van der Waals surface area contributed by atoms with E-state index in [-0.39, 0.29) is 11.7 Å². The summed E-state index contributed by atoms with van der Waals surface area (Å²) in [7, 11) is 0. The van der Waals surface area contributed by atoms with E-state index in [4.69, 9.17) is 0 Å². The van der Waals surface area contributed by atoms with Crippen LogP contribution in [-0.4, -0.2) is 41.9 Å². The smallest absolute Gasteiger partial charge is 0.225 e. The van der Waals surface area contributed by atoms with Crippen LogP contribution in [0.2, 0.25) is 0 Å². The topological polar surface area (TPSA) is 23.6 Å². The van der Waals surface area contributed by atoms with Gasteiger partial charge in [-0.25, -0.2) is 4.39 Å². The summed E-state index contributed by atoms with van der Waals surface area (Å²) in [5.74, 6) is 0.290. The fourth-order valence-corrected chi connectivity index (χ4v) is 2.98. The number of piperidine rings is 1. The van der Waals surface area contributed by atoms with Crippen molar-refractivity contribution >= 4 is 5.91 Å². The third-order valence-corrected chi connectivity index (χ3v) is 4.33. The number of amides is 1. The lowest BCUT2D eigenvalue weighted by Gasteiger charge is -2.33. The summed E-state index contributed by atoms with van der Waals surface area (Å²) in [4.78, 5) is 16.6. The lowest BCUT2D eigenvalue weighted by Crippen LogP contribution is -2.42. The van der Waals surface area contributed by atoms with Crippen molar-refractivity contribution in [1.82, 2.24) is 9.80 Å². The highest BCUT2D eigenvalue weighted by Crippen LogP contribution is 2.21. The summed E-state index contributed by atoms with van der Waals surface area (Å²) < 4.78 is 12.9. The molecule has 0 aromatic heterocycles. The van der Waals surface area contributed by atoms with Crippen LogP contribution in [-0.2, 0) is 11.3 Å². The largest absolute Gasteiger partial charge is 0.343 e. The van der Waals surface area contributed by atoms with Crippen molar-refractivity contribution in [2.45, 2.75) is 33.2 Å². The molecular weight excluding hydrogens is 267 g/mol. The van der Waals surface area contributed by atoms with E-state index in [1.807, 2.05) is 30.9 Å². The van der Waals surface area contributed by atoms with Crippen molar-refractivity contribution in [2.75, 3.05) is 26.2 Å². The van der Waals surface area contributed by atoms with E-state index >= 15 is 0 Å². The number of likely N-dealkylation sites (tertiary alicyclic amines) is 1. The Morgan fingerprint density at radius 1 is 1.19 bits per heavy atom. The molecule has 21 heavy (non-hydrogen) atoms. The number of rotatable bonds is 5. The molecule has 0 unspecified atom stereocenters. The van der Waals surface area contributed by atoms with Crippen LogP contribution in [0.1, 0.15) is 32.3 Å². The van der Waals surface area contributed by atoms with Crippen LogP contribution in [0.3, 0.4) is 0 Å². The molecule has 2 rings (SSSR count). The maximum atomic E-state index is 12.9. The molecule has 1 fully saturated rings. The molecule has 0 N–H and O–H groups in total. The van der Waals surface area contributed by atoms with E-state index in [1.165, 1.54) is 12.1 Å². The lowest BCUT2D eigenvalue weighted by molar-refractivity contribution is -0.136. The van der Waals surface area contributed by atoms with Gasteiger partial charge in [0, 0.05) is 25.6 Å². The van der Waals surface area contributed by atoms with E-state index < -0.39 is 0 Å². The first-order chi connectivity index (χ1) is 10.1. The minimum Gasteiger partial charge on any atom is -0.343 e. The molecule has 0 aliphatic carbocycles. The summed E-state index contributed by atoms with van der Waals surface area (Å²) in [6.45, 7) is 8.38. The van der Waals surface area contributed by atoms with Crippen molar-refractivity contribution in [3.63, 3.8) is 0 Å². The molecule has 1 heterocycles. The van der Waals surface area contributed by atoms with Crippen LogP contribution in [0.15, 0.2) is 24.3 Å². The molecule has 4 heteroatoms. The quantitative estimate of drug-likeness (QED) is 0.833. The molecule has 1 aromatic carbocycles. The number of hydrogen-bond acceptors (Lipinski definition) is 2. The first-order valence-electron chi connectivity index (χ1n) is 7.89. The van der Waals surface area contributed by atoms with Crippen molar-refractivity contribution in [3.05, 3.63) is 35.6 Å². The molecule has 1 aromatic rings. The highest BCUT2D eigenvalue weighted by Gasteiger charge is 2.27. The molecular formula is C17H25FN2O. The zero-order valence-electron chi connectivity index (χ0n) is 13.0. The predicted molar refractivity (Wildman–Crippen MR) is 82.3 cm³/mol. The highest BCUT2D eigenvalue weighted by molar-refractivity contribution is 5.78. The van der Waals surface area contributed by atoms with Gasteiger partial charge >= 0.3 is 0 Å². The van der Waals surface area contributed by atoms with Crippen molar-refractivity contribution < 1.29 is 9.18 Å². The Morgan fingerprint density at radius 2 is 1.76 bits per heavy atom. The molecule has 1 aliphatic heterocycles. The first kappa shape index (κ1) is 16.0. The highest BCUT2D eigenvalue weighted by atomic mass is 19.1. The van der Waals surface area contributed by atoms with Crippen molar-refractivity contribution in [2.24, 2.45) is 5.92 Å². The van der Waals surface area contributed by atoms with E-state index in [0.717, 1.165) is 51.1 Å². The summed E-state index contributed by atoms with van der Waals surface area (Å²) in [5.41, 5.74) is 1.13. The van der Waals surface area contributed by atoms with Gasteiger partial charge in [-0.15, -0.1) is 0 Å². The Kier molecular flexibility index (Phi) is 5.74. The van der Waals surface area contributed by atoms with E-state index in [9.17, 15) is 9.18 Å². The second kappa shape index (κ2) is 7.55. The van der Waals surface area contributed by atoms with Gasteiger partial charge in [-0.2, -0.15) is 0 Å². The van der Waals surface area contributed by atoms with Crippen LogP contribution in [0, 0.1) is 11.7 Å². The van der Waals surface area contributed by atoms with Gasteiger partial charge in [-0.3, -0.25) is 9.69 Å². The summed E-state index contributed by atoms with van der Waals surface area (Å²) in [6.07, 6.45) is 1.85. The second-order valence-electron chi connectivity index (χ2n) is 5.69. The van der Waals surface area contributed by atoms with Crippen LogP contribution in [0.4, 0.5) is 4.39 Å². The lowest BCUT2D eigenvalue weighted by atomic mass is 9.95. The zero-order chi connectivity index (χ0) is 15.2. The Labute approximate surface area is 126 Å². The third kappa shape index (κ3) is 4.27. The number of hydrogen-bond donors (Lipinski definition) is 0. The molecule has 1 aliphatic rings. The van der Waals surface area contributed by atoms with E-state index in [0.29, 0.717) is 5.91 Å². The minimum absolute atomic E-state index is 0.175. The standard InChI is InChI=1S/C17H25FN2O/c1-3-20(4-2)17(21)15-9-11-19(12-10-15)13-14-5-7-16(18)8-6-14/h5-8,15H,3-4,9-13H2,1-2H3. The van der Waals surface area contributed by atoms with Gasteiger partial charge in [0.1, 0.15) is 5.82 Å². The summed E-state index contributed by atoms with van der Waals surface area (Å²) in [6, 6.07) is 6.68. The first-order valence-corrected chi connectivity index (χ1v) is 7.89. The zero-order valence-corrected chi connectivity index (χ0v) is 13.0. The normalized spacial score (nSPS) is 16.9. The third-order valence-electron chi connectivity index (χ3n) is 4.33. The molecule has 0 bridgehead atoms. The maximum absolute atomic E-state index is 12.9. The van der Waals surface area contributed by atoms with Gasteiger partial charge in [-0.05, 0) is 57.5 Å². The predicted octanol–water partition coefficient (Wildman–Crippen LogP) is 2.91. The van der Waals surface area contributed by atoms with Crippen LogP contribution in [0.5, 0.6) is 0 Å². The molecule has 1 amide bonds. The average Bonchev–Trinajstić information content (AvgIpc) is 2.51. The van der Waals surface area contributed by atoms with Gasteiger partial charge in [0.15, 0.2) is 0 Å². The van der Waals surface area contributed by atoms with Crippen molar-refractivity contribution in [3.8, 4) is 0 Å². The van der Waals surface area contributed by atoms with Crippen LogP contribution < -0.4 is 0 Å². The number of halogens is 1. The minimum atomic E-state index is -0.192. The maximum Gasteiger partial charge on any atom is 0.225 e. The van der Waals surface area contributed by atoms with Gasteiger partial charge in [-0.1, -0.05) is 12.1 Å². The fraction of sp³-hybridized carbons (Fsp3) is 0.588. The number of nitrogens with zero attached hydrogens (tertiary/aromatic N) is 2. The Morgan fingerprint density at radius 3 is 2.29 bits per heavy atom. The Hall–Kier alpha value is -1.42. The Balaban J connectivity index is 1.83. The molecule has 3 nitrogen and oxygen atoms in total. The van der Waals surface area contributed by atoms with Crippen LogP contribution >= 0.6 is 0 Å². The van der Waals surface area contributed by atoms with Gasteiger partial charge in [0.05, 0.1) is 0 Å². The average molecular weight is 292 g/mol. The molecule has 0 spiro atoms. The van der Waals surface area contributed by atoms with Gasteiger partial charge < -0.3 is 4.90 Å². The SMILES string of the molecule is CCN(CC)C(=O)C1CCN(Cc2ccc(F)cc2)CC1. The Bertz CT molecular complexity index is 448. The van der Waals surface area contributed by atoms with Gasteiger partial charge in [0.25, 0.3) is 0 Å². The van der Waals surface area contributed by atoms with E-state index in [2.05, 4.69) is 4.90 Å². The monoisotopic (exact) mass is 292 g/mol. The molecule has 1 saturated heterocycles. The van der Waals surface area contributed by atoms with E-state index in [1.54, 1.807) is 0 Å². The molecule has 0 atom stereocenters. The van der Waals surface area contributed by atoms with Gasteiger partial charge in [0.2, 0.25) is 5.91 Å².